The molecule has 0 saturated carbocycles. The van der Waals surface area contributed by atoms with Crippen molar-refractivity contribution >= 4 is 17.6 Å². The van der Waals surface area contributed by atoms with Crippen molar-refractivity contribution in [3.8, 4) is 0 Å². The van der Waals surface area contributed by atoms with Gasteiger partial charge in [0.05, 0.1) is 12.6 Å². The van der Waals surface area contributed by atoms with E-state index < -0.39 is 0 Å². The first-order valence-electron chi connectivity index (χ1n) is 9.01. The lowest BCUT2D eigenvalue weighted by molar-refractivity contribution is 0.306. The molecule has 26 heavy (non-hydrogen) atoms. The van der Waals surface area contributed by atoms with E-state index in [1.807, 2.05) is 29.1 Å². The van der Waals surface area contributed by atoms with Crippen LogP contribution in [0.4, 0.5) is 0 Å². The molecule has 0 aliphatic heterocycles. The van der Waals surface area contributed by atoms with Crippen LogP contribution in [0.5, 0.6) is 0 Å². The zero-order chi connectivity index (χ0) is 18.8. The minimum atomic E-state index is 0.201. The van der Waals surface area contributed by atoms with Gasteiger partial charge in [-0.3, -0.25) is 9.67 Å². The molecule has 2 rings (SSSR count). The predicted molar refractivity (Wildman–Crippen MR) is 109 cm³/mol. The average molecular weight is 377 g/mol. The van der Waals surface area contributed by atoms with Crippen LogP contribution in [0.3, 0.4) is 0 Å². The summed E-state index contributed by atoms with van der Waals surface area (Å²) in [5.41, 5.74) is 1.21. The average Bonchev–Trinajstić information content (AvgIpc) is 3.13. The van der Waals surface area contributed by atoms with Crippen molar-refractivity contribution in [1.29, 1.82) is 0 Å². The van der Waals surface area contributed by atoms with Crippen LogP contribution in [0.1, 0.15) is 24.9 Å². The van der Waals surface area contributed by atoms with Gasteiger partial charge >= 0.3 is 0 Å². The summed E-state index contributed by atoms with van der Waals surface area (Å²) in [6, 6.07) is 10.1. The van der Waals surface area contributed by atoms with E-state index in [2.05, 4.69) is 53.8 Å². The van der Waals surface area contributed by atoms with E-state index in [1.165, 1.54) is 5.56 Å². The Labute approximate surface area is 161 Å². The first-order valence-corrected chi connectivity index (χ1v) is 9.39. The van der Waals surface area contributed by atoms with Crippen molar-refractivity contribution in [3.05, 3.63) is 53.3 Å². The molecule has 0 fully saturated rings. The fourth-order valence-electron chi connectivity index (χ4n) is 2.65. The third-order valence-electron chi connectivity index (χ3n) is 4.06. The molecule has 142 valence electrons. The van der Waals surface area contributed by atoms with Gasteiger partial charge in [-0.25, -0.2) is 0 Å². The number of hydrogen-bond donors (Lipinski definition) is 2. The van der Waals surface area contributed by atoms with E-state index in [9.17, 15) is 0 Å². The molecule has 0 radical (unpaired) electrons. The van der Waals surface area contributed by atoms with Crippen molar-refractivity contribution < 1.29 is 0 Å². The summed E-state index contributed by atoms with van der Waals surface area (Å²) in [6.07, 6.45) is 4.77. The number of guanidine groups is 1. The van der Waals surface area contributed by atoms with Crippen LogP contribution >= 0.6 is 11.6 Å². The fraction of sp³-hybridized carbons (Fsp3) is 0.474. The third kappa shape index (κ3) is 6.69. The Kier molecular flexibility index (Phi) is 8.44. The molecule has 0 spiro atoms. The van der Waals surface area contributed by atoms with Gasteiger partial charge in [0.2, 0.25) is 0 Å². The maximum absolute atomic E-state index is 6.01. The van der Waals surface area contributed by atoms with Crippen LogP contribution in [-0.2, 0) is 6.54 Å². The second-order valence-corrected chi connectivity index (χ2v) is 6.74. The maximum atomic E-state index is 6.01. The molecule has 0 bridgehead atoms. The molecule has 0 amide bonds. The van der Waals surface area contributed by atoms with Gasteiger partial charge in [0.25, 0.3) is 0 Å². The van der Waals surface area contributed by atoms with Crippen molar-refractivity contribution in [3.63, 3.8) is 0 Å². The van der Waals surface area contributed by atoms with Gasteiger partial charge in [-0.2, -0.15) is 5.10 Å². The molecule has 2 N–H and O–H groups in total. The lowest BCUT2D eigenvalue weighted by atomic mass is 10.1. The van der Waals surface area contributed by atoms with Crippen LogP contribution in [0.25, 0.3) is 0 Å². The van der Waals surface area contributed by atoms with Crippen molar-refractivity contribution in [2.75, 3.05) is 33.7 Å². The standard InChI is InChI=1S/C19H29ClN6/c1-4-21-19(22-11-5-13-26-14-6-12-24-26)23-15-18(25(2)3)16-7-9-17(20)10-8-16/h6-10,12,14,18H,4-5,11,13,15H2,1-3H3,(H2,21,22,23). The Hall–Kier alpha value is -2.05. The van der Waals surface area contributed by atoms with Crippen LogP contribution in [0.15, 0.2) is 47.7 Å². The van der Waals surface area contributed by atoms with E-state index in [4.69, 9.17) is 16.6 Å². The van der Waals surface area contributed by atoms with E-state index in [1.54, 1.807) is 6.20 Å². The van der Waals surface area contributed by atoms with Crippen LogP contribution in [0.2, 0.25) is 5.02 Å². The van der Waals surface area contributed by atoms with E-state index in [-0.39, 0.29) is 6.04 Å². The number of likely N-dealkylation sites (N-methyl/N-ethyl adjacent to an activating group) is 1. The van der Waals surface area contributed by atoms with Crippen molar-refractivity contribution in [1.82, 2.24) is 25.3 Å². The zero-order valence-corrected chi connectivity index (χ0v) is 16.6. The minimum absolute atomic E-state index is 0.201. The highest BCUT2D eigenvalue weighted by atomic mass is 35.5. The predicted octanol–water partition coefficient (Wildman–Crippen LogP) is 2.78. The molecular formula is C19H29ClN6. The van der Waals surface area contributed by atoms with Gasteiger partial charge in [0, 0.05) is 37.1 Å². The van der Waals surface area contributed by atoms with Crippen molar-refractivity contribution in [2.24, 2.45) is 4.99 Å². The summed E-state index contributed by atoms with van der Waals surface area (Å²) in [6.45, 7) is 5.31. The summed E-state index contributed by atoms with van der Waals surface area (Å²) in [5, 5.41) is 11.7. The van der Waals surface area contributed by atoms with E-state index in [0.717, 1.165) is 37.0 Å². The molecular weight excluding hydrogens is 348 g/mol. The van der Waals surface area contributed by atoms with Gasteiger partial charge in [-0.1, -0.05) is 23.7 Å². The lowest BCUT2D eigenvalue weighted by Crippen LogP contribution is -2.38. The number of aromatic nitrogens is 2. The number of rotatable bonds is 9. The summed E-state index contributed by atoms with van der Waals surface area (Å²) in [5.74, 6) is 0.841. The largest absolute Gasteiger partial charge is 0.357 e. The smallest absolute Gasteiger partial charge is 0.191 e. The topological polar surface area (TPSA) is 57.5 Å². The van der Waals surface area contributed by atoms with Gasteiger partial charge in [-0.15, -0.1) is 0 Å². The summed E-state index contributed by atoms with van der Waals surface area (Å²) in [7, 11) is 4.14. The summed E-state index contributed by atoms with van der Waals surface area (Å²) in [4.78, 5) is 6.94. The number of halogens is 1. The molecule has 1 atom stereocenters. The Balaban J connectivity index is 1.91. The molecule has 1 aromatic carbocycles. The monoisotopic (exact) mass is 376 g/mol. The number of nitrogens with one attached hydrogen (secondary N) is 2. The number of nitrogens with zero attached hydrogens (tertiary/aromatic N) is 4. The van der Waals surface area contributed by atoms with Gasteiger partial charge in [0.15, 0.2) is 5.96 Å². The molecule has 1 heterocycles. The minimum Gasteiger partial charge on any atom is -0.357 e. The number of aryl methyl sites for hydroxylation is 1. The van der Waals surface area contributed by atoms with Crippen LogP contribution in [-0.4, -0.2) is 54.4 Å². The summed E-state index contributed by atoms with van der Waals surface area (Å²) < 4.78 is 1.94. The first kappa shape index (κ1) is 20.3. The first-order chi connectivity index (χ1) is 12.6. The third-order valence-corrected chi connectivity index (χ3v) is 4.31. The Morgan fingerprint density at radius 1 is 1.27 bits per heavy atom. The Morgan fingerprint density at radius 3 is 2.65 bits per heavy atom. The van der Waals surface area contributed by atoms with E-state index in [0.29, 0.717) is 6.54 Å². The molecule has 7 heteroatoms. The Bertz CT molecular complexity index is 651. The highest BCUT2D eigenvalue weighted by molar-refractivity contribution is 6.30. The second-order valence-electron chi connectivity index (χ2n) is 6.30. The highest BCUT2D eigenvalue weighted by Gasteiger charge is 2.14. The molecule has 0 saturated heterocycles. The lowest BCUT2D eigenvalue weighted by Gasteiger charge is -2.24. The molecule has 0 aliphatic rings. The van der Waals surface area contributed by atoms with Gasteiger partial charge in [-0.05, 0) is 51.2 Å². The quantitative estimate of drug-likeness (QED) is 0.401. The molecule has 6 nitrogen and oxygen atoms in total. The van der Waals surface area contributed by atoms with Crippen LogP contribution in [0, 0.1) is 0 Å². The Morgan fingerprint density at radius 2 is 2.04 bits per heavy atom. The number of benzene rings is 1. The van der Waals surface area contributed by atoms with Gasteiger partial charge < -0.3 is 15.5 Å². The highest BCUT2D eigenvalue weighted by Crippen LogP contribution is 2.20. The summed E-state index contributed by atoms with van der Waals surface area (Å²) >= 11 is 6.01. The van der Waals surface area contributed by atoms with E-state index >= 15 is 0 Å². The second kappa shape index (κ2) is 10.8. The maximum Gasteiger partial charge on any atom is 0.191 e. The zero-order valence-electron chi connectivity index (χ0n) is 15.8. The molecule has 2 aromatic rings. The number of hydrogen-bond acceptors (Lipinski definition) is 3. The molecule has 1 aromatic heterocycles. The van der Waals surface area contributed by atoms with Gasteiger partial charge in [0.1, 0.15) is 0 Å². The SMILES string of the molecule is CCNC(=NCC(c1ccc(Cl)cc1)N(C)C)NCCCn1cccn1. The molecule has 1 unspecified atom stereocenters. The molecule has 0 aliphatic carbocycles. The fourth-order valence-corrected chi connectivity index (χ4v) is 2.78. The van der Waals surface area contributed by atoms with Crippen molar-refractivity contribution in [2.45, 2.75) is 25.9 Å². The normalized spacial score (nSPS) is 13.0. The van der Waals surface area contributed by atoms with Crippen LogP contribution < -0.4 is 10.6 Å². The number of aliphatic imine (C=N–C) groups is 1.